The average Bonchev–Trinajstić information content (AvgIpc) is 3.35. The van der Waals surface area contributed by atoms with Crippen molar-refractivity contribution in [3.05, 3.63) is 215 Å². The first kappa shape index (κ1) is 45.5. The SMILES string of the molecule is O[C@H]1[C@@H](OCc2ccccc2)[C@@H](COCc2ccccc2)O[C@H](O[C@H]2CO[C@H](COCc3ccccc3)[C@@H](OCc3ccccc3)[C@@H]2OCc2ccccc2)[C@@H]1OCc1ccccc1. The van der Waals surface area contributed by atoms with Crippen LogP contribution in [-0.2, 0) is 82.3 Å². The molecule has 0 saturated carbocycles. The molecule has 2 fully saturated rings. The summed E-state index contributed by atoms with van der Waals surface area (Å²) in [5.74, 6) is 0. The van der Waals surface area contributed by atoms with Crippen molar-refractivity contribution >= 4 is 0 Å². The van der Waals surface area contributed by atoms with Gasteiger partial charge in [0.1, 0.15) is 48.8 Å². The van der Waals surface area contributed by atoms with Crippen molar-refractivity contribution in [3.63, 3.8) is 0 Å². The molecule has 2 saturated heterocycles. The van der Waals surface area contributed by atoms with Crippen LogP contribution in [0.4, 0.5) is 0 Å². The maximum absolute atomic E-state index is 12.4. The highest BCUT2D eigenvalue weighted by Crippen LogP contribution is 2.33. The van der Waals surface area contributed by atoms with E-state index in [0.29, 0.717) is 26.4 Å². The molecule has 2 aliphatic heterocycles. The molecule has 0 unspecified atom stereocenters. The van der Waals surface area contributed by atoms with Crippen molar-refractivity contribution in [2.45, 2.75) is 94.8 Å². The molecule has 10 heteroatoms. The predicted octanol–water partition coefficient (Wildman–Crippen LogP) is 8.63. The lowest BCUT2D eigenvalue weighted by molar-refractivity contribution is -0.349. The highest BCUT2D eigenvalue weighted by atomic mass is 16.7. The molecular formula is C54H58O10. The molecule has 0 bridgehead atoms. The Labute approximate surface area is 376 Å². The van der Waals surface area contributed by atoms with Crippen molar-refractivity contribution in [2.24, 2.45) is 0 Å². The van der Waals surface area contributed by atoms with Gasteiger partial charge in [0.25, 0.3) is 0 Å². The van der Waals surface area contributed by atoms with E-state index in [1.165, 1.54) is 0 Å². The fraction of sp³-hybridized carbons (Fsp3) is 0.333. The highest BCUT2D eigenvalue weighted by Gasteiger charge is 2.51. The molecule has 9 atom stereocenters. The summed E-state index contributed by atoms with van der Waals surface area (Å²) < 4.78 is 59.9. The second kappa shape index (κ2) is 24.3. The zero-order valence-electron chi connectivity index (χ0n) is 36.0. The number of aliphatic hydroxyl groups is 1. The van der Waals surface area contributed by atoms with Crippen LogP contribution >= 0.6 is 0 Å². The van der Waals surface area contributed by atoms with Crippen molar-refractivity contribution in [3.8, 4) is 0 Å². The number of benzene rings is 6. The maximum Gasteiger partial charge on any atom is 0.187 e. The van der Waals surface area contributed by atoms with Crippen molar-refractivity contribution in [1.82, 2.24) is 0 Å². The lowest BCUT2D eigenvalue weighted by Gasteiger charge is -2.47. The van der Waals surface area contributed by atoms with Gasteiger partial charge < -0.3 is 47.7 Å². The monoisotopic (exact) mass is 866 g/mol. The van der Waals surface area contributed by atoms with E-state index in [1.807, 2.05) is 182 Å². The Balaban J connectivity index is 1.08. The molecule has 0 aliphatic carbocycles. The van der Waals surface area contributed by atoms with Gasteiger partial charge in [0.2, 0.25) is 0 Å². The largest absolute Gasteiger partial charge is 0.387 e. The van der Waals surface area contributed by atoms with E-state index in [9.17, 15) is 5.11 Å². The molecule has 0 amide bonds. The van der Waals surface area contributed by atoms with Gasteiger partial charge in [-0.1, -0.05) is 182 Å². The van der Waals surface area contributed by atoms with E-state index in [1.54, 1.807) is 0 Å². The van der Waals surface area contributed by atoms with Crippen LogP contribution in [0, 0.1) is 0 Å². The first-order valence-electron chi connectivity index (χ1n) is 22.1. The smallest absolute Gasteiger partial charge is 0.187 e. The third kappa shape index (κ3) is 13.2. The standard InChI is InChI=1S/C54H58O10/c55-49-50(59-33-42-23-11-3-12-24-42)47(38-57-32-41-21-9-2-10-22-41)63-54(53(49)62-36-45-29-17-6-18-30-45)64-48-39-58-46(37-56-31-40-19-7-1-8-20-40)51(60-34-43-25-13-4-14-26-43)52(48)61-35-44-27-15-5-16-28-44/h1-30,46-55H,31-39H2/t46-,47-,48+,49+,50+,51-,52-,53-,54-/m1/s1. The molecule has 1 N–H and O–H groups in total. The molecule has 2 aliphatic rings. The lowest BCUT2D eigenvalue weighted by Crippen LogP contribution is -2.64. The molecule has 10 nitrogen and oxygen atoms in total. The van der Waals surface area contributed by atoms with Crippen LogP contribution in [0.3, 0.4) is 0 Å². The van der Waals surface area contributed by atoms with Gasteiger partial charge in [-0.2, -0.15) is 0 Å². The summed E-state index contributed by atoms with van der Waals surface area (Å²) in [7, 11) is 0. The molecule has 0 spiro atoms. The normalized spacial score (nSPS) is 24.6. The Morgan fingerprint density at radius 3 is 1.16 bits per heavy atom. The van der Waals surface area contributed by atoms with Gasteiger partial charge in [-0.05, 0) is 33.4 Å². The third-order valence-corrected chi connectivity index (χ3v) is 11.4. The van der Waals surface area contributed by atoms with Crippen LogP contribution < -0.4 is 0 Å². The minimum atomic E-state index is -1.17. The maximum atomic E-state index is 12.4. The minimum Gasteiger partial charge on any atom is -0.387 e. The van der Waals surface area contributed by atoms with Crippen LogP contribution in [-0.4, -0.2) is 80.0 Å². The molecule has 6 aromatic carbocycles. The van der Waals surface area contributed by atoms with E-state index >= 15 is 0 Å². The Bertz CT molecular complexity index is 2170. The number of hydrogen-bond acceptors (Lipinski definition) is 10. The summed E-state index contributed by atoms with van der Waals surface area (Å²) in [6.07, 6.45) is -7.28. The van der Waals surface area contributed by atoms with Crippen molar-refractivity contribution < 1.29 is 47.7 Å². The van der Waals surface area contributed by atoms with Crippen molar-refractivity contribution in [2.75, 3.05) is 19.8 Å². The fourth-order valence-corrected chi connectivity index (χ4v) is 7.99. The van der Waals surface area contributed by atoms with Crippen LogP contribution in [0.15, 0.2) is 182 Å². The molecule has 334 valence electrons. The summed E-state index contributed by atoms with van der Waals surface area (Å²) in [5.41, 5.74) is 5.96. The Morgan fingerprint density at radius 1 is 0.391 bits per heavy atom. The minimum absolute atomic E-state index is 0.120. The molecule has 0 aromatic heterocycles. The number of aliphatic hydroxyl groups excluding tert-OH is 1. The highest BCUT2D eigenvalue weighted by molar-refractivity contribution is 5.18. The second-order valence-corrected chi connectivity index (χ2v) is 16.1. The number of hydrogen-bond donors (Lipinski definition) is 1. The first-order chi connectivity index (χ1) is 31.7. The van der Waals surface area contributed by atoms with E-state index < -0.39 is 55.1 Å². The van der Waals surface area contributed by atoms with Gasteiger partial charge >= 0.3 is 0 Å². The molecular weight excluding hydrogens is 809 g/mol. The van der Waals surface area contributed by atoms with Crippen LogP contribution in [0.1, 0.15) is 33.4 Å². The van der Waals surface area contributed by atoms with E-state index in [4.69, 9.17) is 42.6 Å². The summed E-state index contributed by atoms with van der Waals surface area (Å²) in [4.78, 5) is 0. The zero-order valence-corrected chi connectivity index (χ0v) is 36.0. The predicted molar refractivity (Wildman–Crippen MR) is 242 cm³/mol. The summed E-state index contributed by atoms with van der Waals surface area (Å²) >= 11 is 0. The summed E-state index contributed by atoms with van der Waals surface area (Å²) in [6.45, 7) is 2.33. The number of rotatable bonds is 22. The Hall–Kier alpha value is -5.08. The first-order valence-corrected chi connectivity index (χ1v) is 22.1. The quantitative estimate of drug-likeness (QED) is 0.0714. The average molecular weight is 867 g/mol. The molecule has 2 heterocycles. The van der Waals surface area contributed by atoms with Crippen LogP contribution in [0.25, 0.3) is 0 Å². The second-order valence-electron chi connectivity index (χ2n) is 16.1. The van der Waals surface area contributed by atoms with E-state index in [-0.39, 0.29) is 33.0 Å². The Morgan fingerprint density at radius 2 is 0.734 bits per heavy atom. The molecule has 64 heavy (non-hydrogen) atoms. The summed E-state index contributed by atoms with van der Waals surface area (Å²) in [6, 6.07) is 59.7. The van der Waals surface area contributed by atoms with Gasteiger partial charge in [-0.15, -0.1) is 0 Å². The van der Waals surface area contributed by atoms with Gasteiger partial charge in [-0.3, -0.25) is 0 Å². The zero-order chi connectivity index (χ0) is 43.6. The van der Waals surface area contributed by atoms with E-state index in [0.717, 1.165) is 33.4 Å². The van der Waals surface area contributed by atoms with Crippen LogP contribution in [0.5, 0.6) is 0 Å². The van der Waals surface area contributed by atoms with Gasteiger partial charge in [0.05, 0.1) is 59.5 Å². The fourth-order valence-electron chi connectivity index (χ4n) is 7.99. The van der Waals surface area contributed by atoms with Gasteiger partial charge in [-0.25, -0.2) is 0 Å². The summed E-state index contributed by atoms with van der Waals surface area (Å²) in [5, 5.41) is 12.4. The lowest BCUT2D eigenvalue weighted by atomic mass is 9.97. The third-order valence-electron chi connectivity index (χ3n) is 11.4. The molecule has 8 rings (SSSR count). The van der Waals surface area contributed by atoms with Gasteiger partial charge in [0, 0.05) is 0 Å². The molecule has 0 radical (unpaired) electrons. The van der Waals surface area contributed by atoms with Crippen LogP contribution in [0.2, 0.25) is 0 Å². The topological polar surface area (TPSA) is 103 Å². The molecule has 6 aromatic rings. The number of ether oxygens (including phenoxy) is 9. The van der Waals surface area contributed by atoms with E-state index in [2.05, 4.69) is 0 Å². The Kier molecular flexibility index (Phi) is 17.3. The van der Waals surface area contributed by atoms with Gasteiger partial charge in [0.15, 0.2) is 6.29 Å². The van der Waals surface area contributed by atoms with Crippen molar-refractivity contribution in [1.29, 1.82) is 0 Å².